The van der Waals surface area contributed by atoms with Crippen molar-refractivity contribution in [3.8, 4) is 5.75 Å². The van der Waals surface area contributed by atoms with Crippen molar-refractivity contribution in [3.05, 3.63) is 22.2 Å². The number of nitro benzene ring substituents is 1. The van der Waals surface area contributed by atoms with E-state index in [0.717, 1.165) is 0 Å². The van der Waals surface area contributed by atoms with Gasteiger partial charge in [0, 0.05) is 25.7 Å². The van der Waals surface area contributed by atoms with Crippen molar-refractivity contribution in [3.63, 3.8) is 0 Å². The van der Waals surface area contributed by atoms with Crippen LogP contribution in [0.5, 0.6) is 5.75 Å². The molecule has 1 rings (SSSR count). The van der Waals surface area contributed by atoms with Crippen molar-refractivity contribution >= 4 is 23.2 Å². The Labute approximate surface area is 140 Å². The number of carbonyl (C=O) groups excluding carboxylic acids is 1. The summed E-state index contributed by atoms with van der Waals surface area (Å²) in [5, 5.41) is 22.8. The number of nitrogens with zero attached hydrogens (tertiary/aromatic N) is 2. The Kier molecular flexibility index (Phi) is 6.35. The van der Waals surface area contributed by atoms with Gasteiger partial charge in [-0.05, 0) is 20.8 Å². The minimum atomic E-state index is -0.744. The van der Waals surface area contributed by atoms with Gasteiger partial charge in [-0.25, -0.2) is 4.79 Å². The number of methoxy groups -OCH3 is 1. The van der Waals surface area contributed by atoms with Gasteiger partial charge in [0.15, 0.2) is 0 Å². The fraction of sp³-hybridized carbons (Fsp3) is 0.533. The number of nitrogens with one attached hydrogen (secondary N) is 1. The lowest BCUT2D eigenvalue weighted by Gasteiger charge is -2.22. The van der Waals surface area contributed by atoms with Crippen molar-refractivity contribution < 1.29 is 24.3 Å². The van der Waals surface area contributed by atoms with Gasteiger partial charge in [-0.1, -0.05) is 0 Å². The molecule has 1 aromatic carbocycles. The molecule has 24 heavy (non-hydrogen) atoms. The molecule has 9 nitrogen and oxygen atoms in total. The summed E-state index contributed by atoms with van der Waals surface area (Å²) >= 11 is 0. The summed E-state index contributed by atoms with van der Waals surface area (Å²) in [5.41, 5.74) is -0.539. The van der Waals surface area contributed by atoms with Crippen molar-refractivity contribution in [2.24, 2.45) is 0 Å². The molecule has 0 saturated heterocycles. The lowest BCUT2D eigenvalue weighted by Crippen LogP contribution is -2.27. The van der Waals surface area contributed by atoms with Crippen LogP contribution in [0.3, 0.4) is 0 Å². The molecule has 0 aliphatic rings. The summed E-state index contributed by atoms with van der Waals surface area (Å²) in [6, 6.07) is 2.63. The van der Waals surface area contributed by atoms with E-state index in [9.17, 15) is 14.9 Å². The molecule has 0 aromatic heterocycles. The molecule has 0 atom stereocenters. The van der Waals surface area contributed by atoms with Gasteiger partial charge >= 0.3 is 6.09 Å². The smallest absolute Gasteiger partial charge is 0.412 e. The Morgan fingerprint density at radius 2 is 2.04 bits per heavy atom. The molecular formula is C15H23N3O6. The fourth-order valence-electron chi connectivity index (χ4n) is 1.96. The van der Waals surface area contributed by atoms with Gasteiger partial charge in [0.2, 0.25) is 0 Å². The largest absolute Gasteiger partial charge is 0.494 e. The average molecular weight is 341 g/mol. The van der Waals surface area contributed by atoms with Crippen LogP contribution in [0.25, 0.3) is 0 Å². The number of aliphatic hydroxyl groups excluding tert-OH is 1. The molecule has 0 aliphatic heterocycles. The Bertz CT molecular complexity index is 612. The number of rotatable bonds is 6. The van der Waals surface area contributed by atoms with E-state index >= 15 is 0 Å². The summed E-state index contributed by atoms with van der Waals surface area (Å²) < 4.78 is 10.3. The van der Waals surface area contributed by atoms with E-state index < -0.39 is 16.6 Å². The van der Waals surface area contributed by atoms with Gasteiger partial charge in [-0.2, -0.15) is 0 Å². The fourth-order valence-corrected chi connectivity index (χ4v) is 1.96. The molecule has 1 aromatic rings. The first kappa shape index (κ1) is 19.5. The monoisotopic (exact) mass is 341 g/mol. The second kappa shape index (κ2) is 7.82. The zero-order valence-corrected chi connectivity index (χ0v) is 14.5. The maximum atomic E-state index is 11.9. The predicted octanol–water partition coefficient (Wildman–Crippen LogP) is 2.38. The van der Waals surface area contributed by atoms with Gasteiger partial charge < -0.3 is 19.5 Å². The number of aliphatic hydroxyl groups is 1. The third-order valence-electron chi connectivity index (χ3n) is 2.98. The van der Waals surface area contributed by atoms with Crippen LogP contribution in [0.1, 0.15) is 20.8 Å². The standard InChI is InChI=1S/C15H23N3O6/c1-15(2,3)24-14(20)16-10-8-12(18(21)22)11(9-13(10)23-5)17(4)6-7-19/h8-9,19H,6-7H2,1-5H3,(H,16,20). The van der Waals surface area contributed by atoms with Crippen LogP contribution in [0, 0.1) is 10.1 Å². The second-order valence-electron chi connectivity index (χ2n) is 6.07. The predicted molar refractivity (Wildman–Crippen MR) is 89.9 cm³/mol. The quantitative estimate of drug-likeness (QED) is 0.603. The van der Waals surface area contributed by atoms with Gasteiger partial charge in [-0.15, -0.1) is 0 Å². The van der Waals surface area contributed by atoms with Crippen LogP contribution in [-0.4, -0.2) is 49.0 Å². The molecule has 0 radical (unpaired) electrons. The van der Waals surface area contributed by atoms with Crippen molar-refractivity contribution in [1.82, 2.24) is 0 Å². The van der Waals surface area contributed by atoms with Crippen LogP contribution in [-0.2, 0) is 4.74 Å². The molecule has 0 saturated carbocycles. The number of anilines is 2. The van der Waals surface area contributed by atoms with Gasteiger partial charge in [0.05, 0.1) is 24.3 Å². The number of hydrogen-bond acceptors (Lipinski definition) is 7. The molecule has 9 heteroatoms. The van der Waals surface area contributed by atoms with E-state index in [4.69, 9.17) is 14.6 Å². The van der Waals surface area contributed by atoms with E-state index in [2.05, 4.69) is 5.32 Å². The average Bonchev–Trinajstić information content (AvgIpc) is 2.44. The lowest BCUT2D eigenvalue weighted by molar-refractivity contribution is -0.384. The second-order valence-corrected chi connectivity index (χ2v) is 6.07. The Hall–Kier alpha value is -2.55. The summed E-state index contributed by atoms with van der Waals surface area (Å²) in [6.07, 6.45) is -0.744. The van der Waals surface area contributed by atoms with Gasteiger partial charge in [0.1, 0.15) is 17.0 Å². The summed E-state index contributed by atoms with van der Waals surface area (Å²) in [5.74, 6) is 0.242. The Balaban J connectivity index is 3.24. The lowest BCUT2D eigenvalue weighted by atomic mass is 10.2. The van der Waals surface area contributed by atoms with Crippen LogP contribution in [0.4, 0.5) is 21.9 Å². The highest BCUT2D eigenvalue weighted by Crippen LogP contribution is 2.38. The minimum absolute atomic E-state index is 0.125. The molecule has 2 N–H and O–H groups in total. The third kappa shape index (κ3) is 5.27. The summed E-state index contributed by atoms with van der Waals surface area (Å²) in [6.45, 7) is 5.17. The number of ether oxygens (including phenoxy) is 2. The summed E-state index contributed by atoms with van der Waals surface area (Å²) in [7, 11) is 3.00. The Morgan fingerprint density at radius 3 is 2.50 bits per heavy atom. The minimum Gasteiger partial charge on any atom is -0.494 e. The zero-order valence-electron chi connectivity index (χ0n) is 14.5. The number of nitro groups is 1. The molecule has 1 amide bonds. The number of likely N-dealkylation sites (N-methyl/N-ethyl adjacent to an activating group) is 1. The SMILES string of the molecule is COc1cc(N(C)CCO)c([N+](=O)[O-])cc1NC(=O)OC(C)(C)C. The highest BCUT2D eigenvalue weighted by Gasteiger charge is 2.24. The topological polar surface area (TPSA) is 114 Å². The third-order valence-corrected chi connectivity index (χ3v) is 2.98. The highest BCUT2D eigenvalue weighted by atomic mass is 16.6. The maximum absolute atomic E-state index is 11.9. The van der Waals surface area contributed by atoms with Gasteiger partial charge in [-0.3, -0.25) is 15.4 Å². The van der Waals surface area contributed by atoms with Crippen LogP contribution >= 0.6 is 0 Å². The normalized spacial score (nSPS) is 10.9. The first-order chi connectivity index (χ1) is 11.1. The van der Waals surface area contributed by atoms with Crippen LogP contribution in [0.2, 0.25) is 0 Å². The summed E-state index contributed by atoms with van der Waals surface area (Å²) in [4.78, 5) is 24.2. The van der Waals surface area contributed by atoms with E-state index in [1.165, 1.54) is 24.1 Å². The van der Waals surface area contributed by atoms with E-state index in [-0.39, 0.29) is 36.0 Å². The first-order valence-electron chi connectivity index (χ1n) is 7.27. The van der Waals surface area contributed by atoms with Crippen molar-refractivity contribution in [2.75, 3.05) is 37.5 Å². The molecule has 134 valence electrons. The molecular weight excluding hydrogens is 318 g/mol. The van der Waals surface area contributed by atoms with Crippen molar-refractivity contribution in [1.29, 1.82) is 0 Å². The van der Waals surface area contributed by atoms with Crippen molar-refractivity contribution in [2.45, 2.75) is 26.4 Å². The number of amides is 1. The maximum Gasteiger partial charge on any atom is 0.412 e. The molecule has 0 aliphatic carbocycles. The van der Waals surface area contributed by atoms with Crippen LogP contribution in [0.15, 0.2) is 12.1 Å². The highest BCUT2D eigenvalue weighted by molar-refractivity contribution is 5.89. The van der Waals surface area contributed by atoms with Gasteiger partial charge in [0.25, 0.3) is 5.69 Å². The number of carbonyl (C=O) groups is 1. The van der Waals surface area contributed by atoms with E-state index in [1.807, 2.05) is 0 Å². The Morgan fingerprint density at radius 1 is 1.42 bits per heavy atom. The first-order valence-corrected chi connectivity index (χ1v) is 7.27. The zero-order chi connectivity index (χ0) is 18.5. The van der Waals surface area contributed by atoms with Crippen LogP contribution < -0.4 is 15.0 Å². The van der Waals surface area contributed by atoms with E-state index in [1.54, 1.807) is 27.8 Å². The molecule has 0 fully saturated rings. The molecule has 0 heterocycles. The molecule has 0 bridgehead atoms. The molecule has 0 unspecified atom stereocenters. The molecule has 0 spiro atoms. The number of hydrogen-bond donors (Lipinski definition) is 2. The van der Waals surface area contributed by atoms with E-state index in [0.29, 0.717) is 0 Å². The number of benzene rings is 1.